The Kier molecular flexibility index (Phi) is 6.21. The summed E-state index contributed by atoms with van der Waals surface area (Å²) in [5.74, 6) is 0.427. The van der Waals surface area contributed by atoms with Gasteiger partial charge in [-0.1, -0.05) is 25.9 Å². The first-order chi connectivity index (χ1) is 13.6. The van der Waals surface area contributed by atoms with Crippen molar-refractivity contribution in [2.24, 2.45) is 0 Å². The molecule has 29 heavy (non-hydrogen) atoms. The zero-order chi connectivity index (χ0) is 21.2. The minimum Gasteiger partial charge on any atom is -0.372 e. The van der Waals surface area contributed by atoms with Crippen LogP contribution in [0.25, 0.3) is 0 Å². The molecule has 1 aliphatic rings. The number of anilines is 2. The van der Waals surface area contributed by atoms with E-state index in [9.17, 15) is 9.18 Å². The number of carbonyl (C=O) groups excluding carboxylic acids is 1. The molecule has 158 valence electrons. The van der Waals surface area contributed by atoms with E-state index in [4.69, 9.17) is 9.26 Å². The van der Waals surface area contributed by atoms with Gasteiger partial charge in [-0.25, -0.2) is 4.39 Å². The summed E-state index contributed by atoms with van der Waals surface area (Å²) >= 11 is 0. The number of benzene rings is 1. The molecule has 0 unspecified atom stereocenters. The summed E-state index contributed by atoms with van der Waals surface area (Å²) in [5.41, 5.74) is 0.733. The third kappa shape index (κ3) is 5.53. The molecule has 3 rings (SSSR count). The summed E-state index contributed by atoms with van der Waals surface area (Å²) in [6, 6.07) is 4.76. The topological polar surface area (TPSA) is 80.5 Å². The van der Waals surface area contributed by atoms with Crippen molar-refractivity contribution in [1.29, 1.82) is 0 Å². The van der Waals surface area contributed by atoms with Crippen LogP contribution >= 0.6 is 0 Å². The highest BCUT2D eigenvalue weighted by Gasteiger charge is 2.24. The van der Waals surface area contributed by atoms with Crippen molar-refractivity contribution in [2.75, 3.05) is 23.3 Å². The quantitative estimate of drug-likeness (QED) is 0.819. The first-order valence-corrected chi connectivity index (χ1v) is 9.94. The standard InChI is InChI=1S/C21H29FN4O3/c1-13-11-26(12-14(2)28-13)17-7-6-15(10-16(17)22)23-18(27)8-9-19-24-20(25-29-19)21(3,4)5/h6-7,10,13-14H,8-9,11-12H2,1-5H3,(H,23,27)/t13-,14+. The van der Waals surface area contributed by atoms with Crippen molar-refractivity contribution < 1.29 is 18.4 Å². The van der Waals surface area contributed by atoms with Gasteiger partial charge in [-0.2, -0.15) is 4.98 Å². The van der Waals surface area contributed by atoms with E-state index in [0.717, 1.165) is 0 Å². The summed E-state index contributed by atoms with van der Waals surface area (Å²) in [7, 11) is 0. The molecule has 0 bridgehead atoms. The van der Waals surface area contributed by atoms with E-state index in [1.807, 2.05) is 39.5 Å². The SMILES string of the molecule is C[C@@H]1CN(c2ccc(NC(=O)CCc3nc(C(C)(C)C)no3)cc2F)C[C@H](C)O1. The van der Waals surface area contributed by atoms with Gasteiger partial charge < -0.3 is 19.5 Å². The number of hydrogen-bond acceptors (Lipinski definition) is 6. The molecule has 0 spiro atoms. The highest BCUT2D eigenvalue weighted by atomic mass is 19.1. The van der Waals surface area contributed by atoms with Crippen molar-refractivity contribution in [1.82, 2.24) is 10.1 Å². The molecule has 0 aliphatic carbocycles. The Morgan fingerprint density at radius 3 is 2.55 bits per heavy atom. The number of rotatable bonds is 5. The molecule has 1 fully saturated rings. The third-order valence-electron chi connectivity index (χ3n) is 4.70. The Bertz CT molecular complexity index is 852. The molecular formula is C21H29FN4O3. The second kappa shape index (κ2) is 8.49. The smallest absolute Gasteiger partial charge is 0.227 e. The van der Waals surface area contributed by atoms with Crippen LogP contribution in [0.15, 0.2) is 22.7 Å². The average Bonchev–Trinajstić information content (AvgIpc) is 3.08. The number of ether oxygens (including phenoxy) is 1. The Hall–Kier alpha value is -2.48. The molecule has 2 aromatic rings. The number of aromatic nitrogens is 2. The number of nitrogens with zero attached hydrogens (tertiary/aromatic N) is 3. The molecule has 1 saturated heterocycles. The number of morpholine rings is 1. The molecule has 8 heteroatoms. The summed E-state index contributed by atoms with van der Waals surface area (Å²) < 4.78 is 25.5. The Labute approximate surface area is 170 Å². The lowest BCUT2D eigenvalue weighted by Gasteiger charge is -2.37. The molecular weight excluding hydrogens is 375 g/mol. The van der Waals surface area contributed by atoms with E-state index >= 15 is 0 Å². The van der Waals surface area contributed by atoms with E-state index in [1.54, 1.807) is 12.1 Å². The van der Waals surface area contributed by atoms with Crippen LogP contribution in [0.4, 0.5) is 15.8 Å². The maximum Gasteiger partial charge on any atom is 0.227 e. The molecule has 1 amide bonds. The lowest BCUT2D eigenvalue weighted by molar-refractivity contribution is -0.116. The first-order valence-electron chi connectivity index (χ1n) is 9.94. The van der Waals surface area contributed by atoms with E-state index in [-0.39, 0.29) is 35.8 Å². The van der Waals surface area contributed by atoms with E-state index < -0.39 is 0 Å². The van der Waals surface area contributed by atoms with Crippen LogP contribution in [-0.4, -0.2) is 41.3 Å². The monoisotopic (exact) mass is 404 g/mol. The van der Waals surface area contributed by atoms with Gasteiger partial charge in [-0.3, -0.25) is 4.79 Å². The lowest BCUT2D eigenvalue weighted by Crippen LogP contribution is -2.45. The molecule has 1 aliphatic heterocycles. The summed E-state index contributed by atoms with van der Waals surface area (Å²) in [6.07, 6.45) is 0.592. The molecule has 1 aromatic carbocycles. The van der Waals surface area contributed by atoms with Gasteiger partial charge in [0, 0.05) is 37.0 Å². The van der Waals surface area contributed by atoms with E-state index in [2.05, 4.69) is 15.5 Å². The molecule has 7 nitrogen and oxygen atoms in total. The van der Waals surface area contributed by atoms with Gasteiger partial charge in [0.05, 0.1) is 17.9 Å². The second-order valence-corrected chi connectivity index (χ2v) is 8.64. The minimum atomic E-state index is -0.365. The molecule has 1 N–H and O–H groups in total. The van der Waals surface area contributed by atoms with Gasteiger partial charge in [0.15, 0.2) is 5.82 Å². The van der Waals surface area contributed by atoms with Gasteiger partial charge in [-0.05, 0) is 32.0 Å². The molecule has 0 saturated carbocycles. The van der Waals surface area contributed by atoms with Crippen LogP contribution in [-0.2, 0) is 21.4 Å². The molecule has 2 heterocycles. The summed E-state index contributed by atoms with van der Waals surface area (Å²) in [5, 5.41) is 6.67. The average molecular weight is 404 g/mol. The number of aryl methyl sites for hydroxylation is 1. The molecule has 1 aromatic heterocycles. The zero-order valence-electron chi connectivity index (χ0n) is 17.7. The van der Waals surface area contributed by atoms with Gasteiger partial charge in [0.2, 0.25) is 11.8 Å². The largest absolute Gasteiger partial charge is 0.372 e. The van der Waals surface area contributed by atoms with Crippen LogP contribution in [0, 0.1) is 5.82 Å². The second-order valence-electron chi connectivity index (χ2n) is 8.64. The fourth-order valence-corrected chi connectivity index (χ4v) is 3.32. The molecule has 2 atom stereocenters. The van der Waals surface area contributed by atoms with Crippen molar-refractivity contribution in [2.45, 2.75) is 65.1 Å². The van der Waals surface area contributed by atoms with Gasteiger partial charge in [0.25, 0.3) is 0 Å². The number of amides is 1. The Morgan fingerprint density at radius 1 is 1.28 bits per heavy atom. The van der Waals surface area contributed by atoms with Gasteiger partial charge in [-0.15, -0.1) is 0 Å². The Balaban J connectivity index is 1.57. The van der Waals surface area contributed by atoms with Crippen LogP contribution in [0.5, 0.6) is 0 Å². The van der Waals surface area contributed by atoms with Crippen molar-refractivity contribution in [3.05, 3.63) is 35.7 Å². The minimum absolute atomic E-state index is 0.0426. The van der Waals surface area contributed by atoms with Crippen molar-refractivity contribution in [3.8, 4) is 0 Å². The van der Waals surface area contributed by atoms with Gasteiger partial charge >= 0.3 is 0 Å². The zero-order valence-corrected chi connectivity index (χ0v) is 17.7. The highest BCUT2D eigenvalue weighted by molar-refractivity contribution is 5.91. The van der Waals surface area contributed by atoms with Gasteiger partial charge in [0.1, 0.15) is 5.82 Å². The van der Waals surface area contributed by atoms with E-state index in [0.29, 0.717) is 42.6 Å². The molecule has 0 radical (unpaired) electrons. The van der Waals surface area contributed by atoms with Crippen LogP contribution in [0.3, 0.4) is 0 Å². The van der Waals surface area contributed by atoms with E-state index in [1.165, 1.54) is 6.07 Å². The fraction of sp³-hybridized carbons (Fsp3) is 0.571. The fourth-order valence-electron chi connectivity index (χ4n) is 3.32. The lowest BCUT2D eigenvalue weighted by atomic mass is 9.96. The number of hydrogen-bond donors (Lipinski definition) is 1. The third-order valence-corrected chi connectivity index (χ3v) is 4.70. The van der Waals surface area contributed by atoms with Crippen LogP contribution < -0.4 is 10.2 Å². The number of halogens is 1. The first kappa shape index (κ1) is 21.2. The predicted molar refractivity (Wildman–Crippen MR) is 109 cm³/mol. The summed E-state index contributed by atoms with van der Waals surface area (Å²) in [6.45, 7) is 11.2. The maximum atomic E-state index is 14.6. The van der Waals surface area contributed by atoms with Crippen molar-refractivity contribution >= 4 is 17.3 Å². The highest BCUT2D eigenvalue weighted by Crippen LogP contribution is 2.26. The number of carbonyl (C=O) groups is 1. The number of nitrogens with one attached hydrogen (secondary N) is 1. The summed E-state index contributed by atoms with van der Waals surface area (Å²) in [4.78, 5) is 18.5. The van der Waals surface area contributed by atoms with Crippen molar-refractivity contribution in [3.63, 3.8) is 0 Å². The Morgan fingerprint density at radius 2 is 1.97 bits per heavy atom. The maximum absolute atomic E-state index is 14.6. The van der Waals surface area contributed by atoms with Crippen LogP contribution in [0.1, 0.15) is 52.8 Å². The normalized spacial score (nSPS) is 20.0. The predicted octanol–water partition coefficient (Wildman–Crippen LogP) is 3.69. The van der Waals surface area contributed by atoms with Crippen LogP contribution in [0.2, 0.25) is 0 Å².